The maximum Gasteiger partial charge on any atom is 0.416 e. The van der Waals surface area contributed by atoms with Crippen LogP contribution in [-0.4, -0.2) is 18.3 Å². The zero-order valence-corrected chi connectivity index (χ0v) is 12.6. The third-order valence-electron chi connectivity index (χ3n) is 3.24. The molecule has 1 amide bonds. The first-order chi connectivity index (χ1) is 9.88. The highest BCUT2D eigenvalue weighted by Crippen LogP contribution is 2.29. The second kappa shape index (κ2) is 8.27. The van der Waals surface area contributed by atoms with Crippen molar-refractivity contribution in [1.29, 1.82) is 0 Å². The van der Waals surface area contributed by atoms with Crippen LogP contribution in [0.2, 0.25) is 0 Å². The first-order valence-electron chi connectivity index (χ1n) is 6.90. The molecule has 21 heavy (non-hydrogen) atoms. The van der Waals surface area contributed by atoms with Crippen LogP contribution in [0.15, 0.2) is 24.3 Å². The van der Waals surface area contributed by atoms with Crippen molar-refractivity contribution >= 4 is 17.5 Å². The van der Waals surface area contributed by atoms with Gasteiger partial charge in [0, 0.05) is 18.0 Å². The average molecular weight is 322 g/mol. The first kappa shape index (κ1) is 17.8. The van der Waals surface area contributed by atoms with Crippen molar-refractivity contribution in [3.8, 4) is 0 Å². The topological polar surface area (TPSA) is 29.1 Å². The Morgan fingerprint density at radius 2 is 1.86 bits per heavy atom. The Kier molecular flexibility index (Phi) is 7.02. The number of hydrogen-bond acceptors (Lipinski definition) is 1. The summed E-state index contributed by atoms with van der Waals surface area (Å²) in [4.78, 5) is 11.9. The van der Waals surface area contributed by atoms with Crippen LogP contribution in [-0.2, 0) is 6.18 Å². The molecule has 1 aromatic rings. The van der Waals surface area contributed by atoms with Gasteiger partial charge in [0.25, 0.3) is 5.91 Å². The highest BCUT2D eigenvalue weighted by molar-refractivity contribution is 6.17. The van der Waals surface area contributed by atoms with Crippen molar-refractivity contribution in [1.82, 2.24) is 5.32 Å². The molecule has 0 radical (unpaired) electrons. The Morgan fingerprint density at radius 3 is 2.33 bits per heavy atom. The molecule has 1 unspecified atom stereocenters. The number of benzene rings is 1. The van der Waals surface area contributed by atoms with Gasteiger partial charge in [-0.2, -0.15) is 13.2 Å². The smallest absolute Gasteiger partial charge is 0.352 e. The number of carbonyl (C=O) groups excluding carboxylic acids is 1. The van der Waals surface area contributed by atoms with Crippen molar-refractivity contribution in [2.45, 2.75) is 32.4 Å². The van der Waals surface area contributed by atoms with Gasteiger partial charge < -0.3 is 5.32 Å². The summed E-state index contributed by atoms with van der Waals surface area (Å²) in [6, 6.07) is 4.21. The maximum absolute atomic E-state index is 12.4. The van der Waals surface area contributed by atoms with E-state index in [9.17, 15) is 18.0 Å². The molecule has 0 fully saturated rings. The van der Waals surface area contributed by atoms with Crippen molar-refractivity contribution in [2.24, 2.45) is 5.92 Å². The van der Waals surface area contributed by atoms with Crippen LogP contribution in [0.3, 0.4) is 0 Å². The zero-order valence-electron chi connectivity index (χ0n) is 11.8. The predicted octanol–water partition coefficient (Wildman–Crippen LogP) is 4.48. The molecular formula is C15H19ClF3NO. The fraction of sp³-hybridized carbons (Fsp3) is 0.533. The Labute approximate surface area is 127 Å². The monoisotopic (exact) mass is 321 g/mol. The van der Waals surface area contributed by atoms with Crippen molar-refractivity contribution in [2.75, 3.05) is 12.4 Å². The number of halogens is 4. The fourth-order valence-corrected chi connectivity index (χ4v) is 2.37. The van der Waals surface area contributed by atoms with Crippen LogP contribution in [0.25, 0.3) is 0 Å². The van der Waals surface area contributed by atoms with Crippen LogP contribution >= 0.6 is 11.6 Å². The van der Waals surface area contributed by atoms with Crippen LogP contribution in [0.4, 0.5) is 13.2 Å². The van der Waals surface area contributed by atoms with Gasteiger partial charge in [-0.05, 0) is 43.0 Å². The molecule has 118 valence electrons. The van der Waals surface area contributed by atoms with Gasteiger partial charge in [-0.15, -0.1) is 11.6 Å². The van der Waals surface area contributed by atoms with E-state index in [-0.39, 0.29) is 11.5 Å². The zero-order chi connectivity index (χ0) is 15.9. The van der Waals surface area contributed by atoms with E-state index in [1.54, 1.807) is 0 Å². The van der Waals surface area contributed by atoms with Gasteiger partial charge in [0.2, 0.25) is 0 Å². The first-order valence-corrected chi connectivity index (χ1v) is 7.43. The molecule has 0 aliphatic rings. The molecule has 1 atom stereocenters. The van der Waals surface area contributed by atoms with Crippen LogP contribution in [0.1, 0.15) is 42.1 Å². The largest absolute Gasteiger partial charge is 0.416 e. The number of amides is 1. The molecule has 0 aliphatic heterocycles. The van der Waals surface area contributed by atoms with E-state index in [1.807, 2.05) is 0 Å². The van der Waals surface area contributed by atoms with Gasteiger partial charge in [-0.1, -0.05) is 13.3 Å². The molecule has 1 aromatic carbocycles. The average Bonchev–Trinajstić information content (AvgIpc) is 2.44. The van der Waals surface area contributed by atoms with E-state index in [0.29, 0.717) is 18.3 Å². The van der Waals surface area contributed by atoms with E-state index in [2.05, 4.69) is 12.2 Å². The van der Waals surface area contributed by atoms with Gasteiger partial charge in [-0.3, -0.25) is 4.79 Å². The quantitative estimate of drug-likeness (QED) is 0.737. The lowest BCUT2D eigenvalue weighted by Gasteiger charge is -2.15. The second-order valence-electron chi connectivity index (χ2n) is 4.92. The van der Waals surface area contributed by atoms with Crippen LogP contribution in [0.5, 0.6) is 0 Å². The SMILES string of the molecule is CCCC(CCCl)CNC(=O)c1ccc(C(F)(F)F)cc1. The summed E-state index contributed by atoms with van der Waals surface area (Å²) in [6.45, 7) is 2.54. The summed E-state index contributed by atoms with van der Waals surface area (Å²) in [5.41, 5.74) is -0.533. The van der Waals surface area contributed by atoms with E-state index >= 15 is 0 Å². The number of carbonyl (C=O) groups is 1. The van der Waals surface area contributed by atoms with Crippen LogP contribution < -0.4 is 5.32 Å². The molecule has 0 saturated heterocycles. The third kappa shape index (κ3) is 5.96. The number of hydrogen-bond donors (Lipinski definition) is 1. The molecule has 1 rings (SSSR count). The lowest BCUT2D eigenvalue weighted by molar-refractivity contribution is -0.137. The normalized spacial score (nSPS) is 13.0. The standard InChI is InChI=1S/C15H19ClF3NO/c1-2-3-11(8-9-16)10-20-14(21)12-4-6-13(7-5-12)15(17,18)19/h4-7,11H,2-3,8-10H2,1H3,(H,20,21). The van der Waals surface area contributed by atoms with Crippen molar-refractivity contribution in [3.05, 3.63) is 35.4 Å². The highest BCUT2D eigenvalue weighted by Gasteiger charge is 2.30. The summed E-state index contributed by atoms with van der Waals surface area (Å²) in [5.74, 6) is 0.464. The lowest BCUT2D eigenvalue weighted by Crippen LogP contribution is -2.29. The number of nitrogens with one attached hydrogen (secondary N) is 1. The minimum absolute atomic E-state index is 0.226. The summed E-state index contributed by atoms with van der Waals surface area (Å²) >= 11 is 5.71. The minimum Gasteiger partial charge on any atom is -0.352 e. The third-order valence-corrected chi connectivity index (χ3v) is 3.46. The van der Waals surface area contributed by atoms with Crippen molar-refractivity contribution in [3.63, 3.8) is 0 Å². The fourth-order valence-electron chi connectivity index (χ4n) is 2.06. The molecule has 0 spiro atoms. The molecule has 0 aromatic heterocycles. The van der Waals surface area contributed by atoms with Gasteiger partial charge in [-0.25, -0.2) is 0 Å². The van der Waals surface area contributed by atoms with E-state index < -0.39 is 11.7 Å². The Bertz CT molecular complexity index is 439. The summed E-state index contributed by atoms with van der Waals surface area (Å²) in [7, 11) is 0. The van der Waals surface area contributed by atoms with Crippen LogP contribution in [0, 0.1) is 5.92 Å². The molecule has 0 bridgehead atoms. The molecule has 6 heteroatoms. The number of alkyl halides is 4. The van der Waals surface area contributed by atoms with Gasteiger partial charge >= 0.3 is 6.18 Å². The molecule has 0 aliphatic carbocycles. The summed E-state index contributed by atoms with van der Waals surface area (Å²) < 4.78 is 37.3. The van der Waals surface area contributed by atoms with E-state index in [1.165, 1.54) is 12.1 Å². The molecule has 0 saturated carbocycles. The second-order valence-corrected chi connectivity index (χ2v) is 5.30. The summed E-state index contributed by atoms with van der Waals surface area (Å²) in [6.07, 6.45) is -1.62. The Balaban J connectivity index is 2.59. The van der Waals surface area contributed by atoms with Gasteiger partial charge in [0.15, 0.2) is 0 Å². The van der Waals surface area contributed by atoms with Crippen molar-refractivity contribution < 1.29 is 18.0 Å². The molecule has 0 heterocycles. The highest BCUT2D eigenvalue weighted by atomic mass is 35.5. The Morgan fingerprint density at radius 1 is 1.24 bits per heavy atom. The maximum atomic E-state index is 12.4. The Hall–Kier alpha value is -1.23. The molecule has 1 N–H and O–H groups in total. The summed E-state index contributed by atoms with van der Waals surface area (Å²) in [5, 5.41) is 2.75. The minimum atomic E-state index is -4.39. The molecular weight excluding hydrogens is 303 g/mol. The predicted molar refractivity (Wildman–Crippen MR) is 77.5 cm³/mol. The van der Waals surface area contributed by atoms with Gasteiger partial charge in [0.05, 0.1) is 5.56 Å². The van der Waals surface area contributed by atoms with E-state index in [4.69, 9.17) is 11.6 Å². The van der Waals surface area contributed by atoms with E-state index in [0.717, 1.165) is 31.4 Å². The number of rotatable bonds is 7. The lowest BCUT2D eigenvalue weighted by atomic mass is 10.0. The van der Waals surface area contributed by atoms with Gasteiger partial charge in [0.1, 0.15) is 0 Å². The molecule has 2 nitrogen and oxygen atoms in total.